The molecule has 0 aliphatic rings. The summed E-state index contributed by atoms with van der Waals surface area (Å²) in [7, 11) is 0. The van der Waals surface area contributed by atoms with Crippen molar-refractivity contribution in [2.24, 2.45) is 0 Å². The second-order valence-electron chi connectivity index (χ2n) is 9.12. The highest BCUT2D eigenvalue weighted by Gasteiger charge is 2.21. The molecule has 0 bridgehead atoms. The number of aryl methyl sites for hydroxylation is 1. The lowest BCUT2D eigenvalue weighted by molar-refractivity contribution is 0.0733. The van der Waals surface area contributed by atoms with Crippen molar-refractivity contribution >= 4 is 5.97 Å². The molecule has 0 aliphatic carbocycles. The largest absolute Gasteiger partial charge is 0.423 e. The summed E-state index contributed by atoms with van der Waals surface area (Å²) in [6, 6.07) is 25.9. The van der Waals surface area contributed by atoms with Crippen molar-refractivity contribution < 1.29 is 9.53 Å². The van der Waals surface area contributed by atoms with Crippen LogP contribution in [0, 0.1) is 11.3 Å². The smallest absolute Gasteiger partial charge is 0.344 e. The van der Waals surface area contributed by atoms with Gasteiger partial charge in [-0.25, -0.2) is 4.79 Å². The molecule has 1 unspecified atom stereocenters. The van der Waals surface area contributed by atoms with Crippen molar-refractivity contribution in [1.29, 1.82) is 5.26 Å². The summed E-state index contributed by atoms with van der Waals surface area (Å²) in [5.74, 6) is -0.199. The molecule has 0 saturated heterocycles. The topological polar surface area (TPSA) is 50.1 Å². The molecule has 3 nitrogen and oxygen atoms in total. The summed E-state index contributed by atoms with van der Waals surface area (Å²) in [6.45, 7) is 4.38. The van der Waals surface area contributed by atoms with E-state index in [1.165, 1.54) is 24.8 Å². The molecule has 3 rings (SSSR count). The van der Waals surface area contributed by atoms with E-state index in [1.54, 1.807) is 6.07 Å². The lowest BCUT2D eigenvalue weighted by atomic mass is 9.92. The van der Waals surface area contributed by atoms with Gasteiger partial charge in [-0.15, -0.1) is 0 Å². The van der Waals surface area contributed by atoms with Crippen LogP contribution in [-0.2, 0) is 6.42 Å². The number of nitrogens with zero attached hydrogens (tertiary/aromatic N) is 1. The standard InChI is InChI=1S/C32H37NO2/c1-3-5-7-9-18-26(24-33)28-20-14-15-23-31(28)35-32(34)30-22-13-12-21-29(30)27-19-11-10-17-25(27)16-8-6-4-2/h10-15,17,19-23,26H,3-9,16,18H2,1-2H3. The molecule has 0 heterocycles. The van der Waals surface area contributed by atoms with Crippen LogP contribution in [0.3, 0.4) is 0 Å². The van der Waals surface area contributed by atoms with E-state index >= 15 is 0 Å². The highest BCUT2D eigenvalue weighted by molar-refractivity contribution is 5.99. The van der Waals surface area contributed by atoms with Gasteiger partial charge in [-0.3, -0.25) is 0 Å². The highest BCUT2D eigenvalue weighted by atomic mass is 16.5. The number of esters is 1. The average Bonchev–Trinajstić information content (AvgIpc) is 2.90. The molecule has 3 aromatic rings. The van der Waals surface area contributed by atoms with Crippen LogP contribution in [0.2, 0.25) is 0 Å². The number of carbonyl (C=O) groups is 1. The first kappa shape index (κ1) is 26.2. The molecule has 0 aliphatic heterocycles. The minimum Gasteiger partial charge on any atom is -0.423 e. The van der Waals surface area contributed by atoms with Crippen molar-refractivity contribution in [1.82, 2.24) is 0 Å². The van der Waals surface area contributed by atoms with Gasteiger partial charge in [-0.05, 0) is 48.1 Å². The van der Waals surface area contributed by atoms with E-state index in [2.05, 4.69) is 38.1 Å². The molecule has 0 aromatic heterocycles. The maximum atomic E-state index is 13.4. The molecule has 3 heteroatoms. The second-order valence-corrected chi connectivity index (χ2v) is 9.12. The van der Waals surface area contributed by atoms with Crippen LogP contribution in [0.5, 0.6) is 5.75 Å². The number of hydrogen-bond acceptors (Lipinski definition) is 3. The average molecular weight is 468 g/mol. The van der Waals surface area contributed by atoms with Gasteiger partial charge < -0.3 is 4.74 Å². The number of rotatable bonds is 13. The monoisotopic (exact) mass is 467 g/mol. The zero-order chi connectivity index (χ0) is 24.9. The fraction of sp³-hybridized carbons (Fsp3) is 0.375. The molecule has 0 N–H and O–H groups in total. The number of para-hydroxylation sites is 1. The van der Waals surface area contributed by atoms with Crippen molar-refractivity contribution in [2.45, 2.75) is 77.6 Å². The lowest BCUT2D eigenvalue weighted by Gasteiger charge is -2.16. The normalized spacial score (nSPS) is 11.6. The van der Waals surface area contributed by atoms with Crippen molar-refractivity contribution in [3.05, 3.63) is 89.5 Å². The van der Waals surface area contributed by atoms with Gasteiger partial charge in [0.1, 0.15) is 5.75 Å². The van der Waals surface area contributed by atoms with Gasteiger partial charge in [-0.2, -0.15) is 5.26 Å². The number of hydrogen-bond donors (Lipinski definition) is 0. The molecule has 0 fully saturated rings. The Labute approximate surface area is 210 Å². The van der Waals surface area contributed by atoms with E-state index in [0.717, 1.165) is 55.2 Å². The Kier molecular flexibility index (Phi) is 10.6. The van der Waals surface area contributed by atoms with Gasteiger partial charge in [0.2, 0.25) is 0 Å². The summed E-state index contributed by atoms with van der Waals surface area (Å²) in [5.41, 5.74) is 4.55. The van der Waals surface area contributed by atoms with Crippen molar-refractivity contribution in [2.75, 3.05) is 0 Å². The number of ether oxygens (including phenoxy) is 1. The summed E-state index contributed by atoms with van der Waals surface area (Å²) in [6.07, 6.45) is 9.68. The van der Waals surface area contributed by atoms with Crippen LogP contribution in [0.15, 0.2) is 72.8 Å². The van der Waals surface area contributed by atoms with E-state index in [-0.39, 0.29) is 11.9 Å². The quantitative estimate of drug-likeness (QED) is 0.143. The van der Waals surface area contributed by atoms with Crippen LogP contribution in [0.25, 0.3) is 11.1 Å². The maximum Gasteiger partial charge on any atom is 0.344 e. The zero-order valence-corrected chi connectivity index (χ0v) is 21.1. The molecule has 0 spiro atoms. The summed E-state index contributed by atoms with van der Waals surface area (Å²) >= 11 is 0. The first-order valence-corrected chi connectivity index (χ1v) is 13.1. The minimum absolute atomic E-state index is 0.287. The Morgan fingerprint density at radius 1 is 0.800 bits per heavy atom. The van der Waals surface area contributed by atoms with Gasteiger partial charge in [0.05, 0.1) is 17.6 Å². The minimum atomic E-state index is -0.390. The number of nitriles is 1. The third-order valence-corrected chi connectivity index (χ3v) is 6.50. The Balaban J connectivity index is 1.86. The summed E-state index contributed by atoms with van der Waals surface area (Å²) in [5, 5.41) is 9.83. The fourth-order valence-corrected chi connectivity index (χ4v) is 4.54. The Morgan fingerprint density at radius 2 is 1.46 bits per heavy atom. The molecule has 35 heavy (non-hydrogen) atoms. The van der Waals surface area contributed by atoms with E-state index < -0.39 is 0 Å². The van der Waals surface area contributed by atoms with Gasteiger partial charge in [0.15, 0.2) is 0 Å². The number of unbranched alkanes of at least 4 members (excludes halogenated alkanes) is 5. The molecular formula is C32H37NO2. The molecule has 0 saturated carbocycles. The third-order valence-electron chi connectivity index (χ3n) is 6.50. The van der Waals surface area contributed by atoms with Gasteiger partial charge in [0, 0.05) is 5.56 Å². The first-order chi connectivity index (χ1) is 17.2. The lowest BCUT2D eigenvalue weighted by Crippen LogP contribution is -2.12. The van der Waals surface area contributed by atoms with Gasteiger partial charge in [-0.1, -0.05) is 113 Å². The third kappa shape index (κ3) is 7.30. The summed E-state index contributed by atoms with van der Waals surface area (Å²) < 4.78 is 5.95. The van der Waals surface area contributed by atoms with Crippen molar-refractivity contribution in [3.8, 4) is 22.9 Å². The van der Waals surface area contributed by atoms with E-state index in [1.807, 2.05) is 48.5 Å². The molecule has 1 atom stereocenters. The van der Waals surface area contributed by atoms with Crippen LogP contribution < -0.4 is 4.74 Å². The maximum absolute atomic E-state index is 13.4. The van der Waals surface area contributed by atoms with E-state index in [4.69, 9.17) is 4.74 Å². The zero-order valence-electron chi connectivity index (χ0n) is 21.1. The number of benzene rings is 3. The van der Waals surface area contributed by atoms with Gasteiger partial charge in [0.25, 0.3) is 0 Å². The Bertz CT molecular complexity index is 1130. The highest BCUT2D eigenvalue weighted by Crippen LogP contribution is 2.33. The van der Waals surface area contributed by atoms with Crippen LogP contribution in [0.1, 0.15) is 92.6 Å². The molecular weight excluding hydrogens is 430 g/mol. The van der Waals surface area contributed by atoms with E-state index in [9.17, 15) is 10.1 Å². The SMILES string of the molecule is CCCCCCC(C#N)c1ccccc1OC(=O)c1ccccc1-c1ccccc1CCCCC. The van der Waals surface area contributed by atoms with Crippen LogP contribution in [0.4, 0.5) is 0 Å². The Hall–Kier alpha value is -3.38. The first-order valence-electron chi connectivity index (χ1n) is 13.1. The fourth-order valence-electron chi connectivity index (χ4n) is 4.54. The Morgan fingerprint density at radius 3 is 2.23 bits per heavy atom. The predicted molar refractivity (Wildman–Crippen MR) is 144 cm³/mol. The molecule has 0 amide bonds. The van der Waals surface area contributed by atoms with Crippen LogP contribution >= 0.6 is 0 Å². The van der Waals surface area contributed by atoms with E-state index in [0.29, 0.717) is 11.3 Å². The van der Waals surface area contributed by atoms with Crippen molar-refractivity contribution in [3.63, 3.8) is 0 Å². The molecule has 3 aromatic carbocycles. The predicted octanol–water partition coefficient (Wildman–Crippen LogP) is 8.88. The number of carbonyl (C=O) groups excluding carboxylic acids is 1. The van der Waals surface area contributed by atoms with Crippen LogP contribution in [-0.4, -0.2) is 5.97 Å². The summed E-state index contributed by atoms with van der Waals surface area (Å²) in [4.78, 5) is 13.4. The second kappa shape index (κ2) is 14.1. The molecule has 182 valence electrons. The van der Waals surface area contributed by atoms with Gasteiger partial charge >= 0.3 is 5.97 Å². The molecule has 0 radical (unpaired) electrons.